The smallest absolute Gasteiger partial charge is 0.193 e. The standard InChI is InChI=1S/C16H12O2/c17-16(12-6-2-1-3-7-12)14-10-11-18-15-9-5-4-8-13(14)15/h1-10H,11H2. The van der Waals surface area contributed by atoms with E-state index in [0.717, 1.165) is 16.9 Å². The average Bonchev–Trinajstić information content (AvgIpc) is 2.47. The van der Waals surface area contributed by atoms with Gasteiger partial charge in [0, 0.05) is 16.7 Å². The van der Waals surface area contributed by atoms with Gasteiger partial charge >= 0.3 is 0 Å². The van der Waals surface area contributed by atoms with Crippen LogP contribution in [0.4, 0.5) is 0 Å². The van der Waals surface area contributed by atoms with Gasteiger partial charge in [-0.3, -0.25) is 4.79 Å². The number of rotatable bonds is 2. The molecule has 1 aliphatic heterocycles. The largest absolute Gasteiger partial charge is 0.489 e. The molecule has 0 aromatic heterocycles. The van der Waals surface area contributed by atoms with Gasteiger partial charge in [0.15, 0.2) is 5.78 Å². The predicted molar refractivity (Wildman–Crippen MR) is 70.7 cm³/mol. The normalized spacial score (nSPS) is 13.2. The van der Waals surface area contributed by atoms with Crippen molar-refractivity contribution in [2.24, 2.45) is 0 Å². The Hall–Kier alpha value is -2.35. The maximum absolute atomic E-state index is 12.4. The zero-order valence-corrected chi connectivity index (χ0v) is 9.80. The van der Waals surface area contributed by atoms with Crippen molar-refractivity contribution < 1.29 is 9.53 Å². The first-order valence-corrected chi connectivity index (χ1v) is 5.88. The molecule has 0 unspecified atom stereocenters. The van der Waals surface area contributed by atoms with E-state index in [1.165, 1.54) is 0 Å². The Labute approximate surface area is 106 Å². The Morgan fingerprint density at radius 1 is 0.944 bits per heavy atom. The summed E-state index contributed by atoms with van der Waals surface area (Å²) >= 11 is 0. The van der Waals surface area contributed by atoms with Gasteiger partial charge in [0.05, 0.1) is 0 Å². The molecule has 88 valence electrons. The number of fused-ring (bicyclic) bond motifs is 1. The van der Waals surface area contributed by atoms with Gasteiger partial charge < -0.3 is 4.74 Å². The lowest BCUT2D eigenvalue weighted by Gasteiger charge is -2.17. The fraction of sp³-hybridized carbons (Fsp3) is 0.0625. The van der Waals surface area contributed by atoms with Crippen molar-refractivity contribution in [2.75, 3.05) is 6.61 Å². The first-order chi connectivity index (χ1) is 8.86. The highest BCUT2D eigenvalue weighted by Gasteiger charge is 2.20. The zero-order valence-electron chi connectivity index (χ0n) is 9.80. The van der Waals surface area contributed by atoms with Gasteiger partial charge in [-0.25, -0.2) is 0 Å². The van der Waals surface area contributed by atoms with Crippen LogP contribution in [0, 0.1) is 0 Å². The Morgan fingerprint density at radius 3 is 2.50 bits per heavy atom. The third kappa shape index (κ3) is 1.82. The number of Topliss-reactive ketones (excluding diaryl/α,β-unsaturated/α-hetero) is 1. The number of carbonyl (C=O) groups is 1. The number of ketones is 1. The van der Waals surface area contributed by atoms with Crippen molar-refractivity contribution in [3.63, 3.8) is 0 Å². The van der Waals surface area contributed by atoms with Crippen molar-refractivity contribution >= 4 is 11.4 Å². The number of benzene rings is 2. The topological polar surface area (TPSA) is 26.3 Å². The molecule has 0 bridgehead atoms. The fourth-order valence-corrected chi connectivity index (χ4v) is 2.10. The van der Waals surface area contributed by atoms with E-state index in [1.807, 2.05) is 60.7 Å². The first-order valence-electron chi connectivity index (χ1n) is 5.88. The number of hydrogen-bond donors (Lipinski definition) is 0. The third-order valence-corrected chi connectivity index (χ3v) is 2.98. The summed E-state index contributed by atoms with van der Waals surface area (Å²) in [5, 5.41) is 0. The van der Waals surface area contributed by atoms with Crippen LogP contribution in [-0.4, -0.2) is 12.4 Å². The SMILES string of the molecule is O=C(C1=CCOc2ccccc21)c1ccccc1. The van der Waals surface area contributed by atoms with Gasteiger partial charge in [-0.15, -0.1) is 0 Å². The molecule has 0 atom stereocenters. The lowest BCUT2D eigenvalue weighted by molar-refractivity contribution is 0.105. The quantitative estimate of drug-likeness (QED) is 0.747. The molecule has 2 aromatic rings. The van der Waals surface area contributed by atoms with Crippen molar-refractivity contribution in [3.8, 4) is 5.75 Å². The summed E-state index contributed by atoms with van der Waals surface area (Å²) in [5.74, 6) is 0.825. The summed E-state index contributed by atoms with van der Waals surface area (Å²) in [4.78, 5) is 12.4. The molecule has 2 heteroatoms. The van der Waals surface area contributed by atoms with Crippen LogP contribution in [-0.2, 0) is 0 Å². The Balaban J connectivity index is 2.03. The number of hydrogen-bond acceptors (Lipinski definition) is 2. The number of allylic oxidation sites excluding steroid dienone is 1. The van der Waals surface area contributed by atoms with Crippen LogP contribution in [0.1, 0.15) is 15.9 Å². The molecule has 18 heavy (non-hydrogen) atoms. The predicted octanol–water partition coefficient (Wildman–Crippen LogP) is 3.35. The van der Waals surface area contributed by atoms with Gasteiger partial charge in [0.1, 0.15) is 12.4 Å². The molecule has 0 saturated carbocycles. The second-order valence-corrected chi connectivity index (χ2v) is 4.12. The van der Waals surface area contributed by atoms with E-state index in [9.17, 15) is 4.79 Å². The van der Waals surface area contributed by atoms with Gasteiger partial charge in [0.25, 0.3) is 0 Å². The van der Waals surface area contributed by atoms with Crippen LogP contribution >= 0.6 is 0 Å². The highest BCUT2D eigenvalue weighted by molar-refractivity contribution is 6.29. The monoisotopic (exact) mass is 236 g/mol. The van der Waals surface area contributed by atoms with Crippen LogP contribution in [0.15, 0.2) is 60.7 Å². The van der Waals surface area contributed by atoms with Crippen LogP contribution in [0.2, 0.25) is 0 Å². The van der Waals surface area contributed by atoms with E-state index in [4.69, 9.17) is 4.74 Å². The highest BCUT2D eigenvalue weighted by atomic mass is 16.5. The summed E-state index contributed by atoms with van der Waals surface area (Å²) in [7, 11) is 0. The maximum Gasteiger partial charge on any atom is 0.193 e. The van der Waals surface area contributed by atoms with E-state index in [2.05, 4.69) is 0 Å². The minimum atomic E-state index is 0.0475. The van der Waals surface area contributed by atoms with Crippen LogP contribution in [0.3, 0.4) is 0 Å². The van der Waals surface area contributed by atoms with Crippen LogP contribution < -0.4 is 4.74 Å². The van der Waals surface area contributed by atoms with Crippen molar-refractivity contribution in [1.29, 1.82) is 0 Å². The van der Waals surface area contributed by atoms with E-state index >= 15 is 0 Å². The van der Waals surface area contributed by atoms with Gasteiger partial charge in [-0.05, 0) is 12.1 Å². The minimum Gasteiger partial charge on any atom is -0.489 e. The molecular formula is C16H12O2. The summed E-state index contributed by atoms with van der Waals surface area (Å²) in [6.45, 7) is 0.449. The van der Waals surface area contributed by atoms with Crippen LogP contribution in [0.25, 0.3) is 5.57 Å². The summed E-state index contributed by atoms with van der Waals surface area (Å²) in [6, 6.07) is 17.0. The molecule has 0 spiro atoms. The fourth-order valence-electron chi connectivity index (χ4n) is 2.10. The Kier molecular flexibility index (Phi) is 2.69. The molecule has 0 aliphatic carbocycles. The second kappa shape index (κ2) is 4.49. The first kappa shape index (κ1) is 10.8. The van der Waals surface area contributed by atoms with Crippen LogP contribution in [0.5, 0.6) is 5.75 Å². The Bertz CT molecular complexity index is 612. The number of carbonyl (C=O) groups excluding carboxylic acids is 1. The molecule has 0 saturated heterocycles. The van der Waals surface area contributed by atoms with Gasteiger partial charge in [-0.1, -0.05) is 48.5 Å². The lowest BCUT2D eigenvalue weighted by atomic mass is 9.95. The molecule has 1 aliphatic rings. The molecule has 3 rings (SSSR count). The van der Waals surface area contributed by atoms with Crippen molar-refractivity contribution in [2.45, 2.75) is 0 Å². The lowest BCUT2D eigenvalue weighted by Crippen LogP contribution is -2.11. The second-order valence-electron chi connectivity index (χ2n) is 4.12. The molecule has 2 nitrogen and oxygen atoms in total. The number of ether oxygens (including phenoxy) is 1. The average molecular weight is 236 g/mol. The Morgan fingerprint density at radius 2 is 1.67 bits per heavy atom. The summed E-state index contributed by atoms with van der Waals surface area (Å²) in [6.07, 6.45) is 1.84. The molecule has 1 heterocycles. The molecule has 0 amide bonds. The molecule has 0 fully saturated rings. The van der Waals surface area contributed by atoms with E-state index in [1.54, 1.807) is 0 Å². The molecule has 0 N–H and O–H groups in total. The molecule has 2 aromatic carbocycles. The van der Waals surface area contributed by atoms with E-state index < -0.39 is 0 Å². The summed E-state index contributed by atoms with van der Waals surface area (Å²) < 4.78 is 5.51. The zero-order chi connectivity index (χ0) is 12.4. The van der Waals surface area contributed by atoms with E-state index in [0.29, 0.717) is 12.2 Å². The molecule has 0 radical (unpaired) electrons. The maximum atomic E-state index is 12.4. The highest BCUT2D eigenvalue weighted by Crippen LogP contribution is 2.31. The van der Waals surface area contributed by atoms with Gasteiger partial charge in [0.2, 0.25) is 0 Å². The molecular weight excluding hydrogens is 224 g/mol. The minimum absolute atomic E-state index is 0.0475. The van der Waals surface area contributed by atoms with Gasteiger partial charge in [-0.2, -0.15) is 0 Å². The third-order valence-electron chi connectivity index (χ3n) is 2.98. The van der Waals surface area contributed by atoms with Crippen molar-refractivity contribution in [3.05, 3.63) is 71.8 Å². The summed E-state index contributed by atoms with van der Waals surface area (Å²) in [5.41, 5.74) is 2.31. The van der Waals surface area contributed by atoms with Crippen molar-refractivity contribution in [1.82, 2.24) is 0 Å². The number of para-hydroxylation sites is 1. The van der Waals surface area contributed by atoms with E-state index in [-0.39, 0.29) is 5.78 Å².